The Hall–Kier alpha value is -2.21. The van der Waals surface area contributed by atoms with Crippen LogP contribution in [-0.2, 0) is 6.42 Å². The summed E-state index contributed by atoms with van der Waals surface area (Å²) in [6.07, 6.45) is 8.33. The number of nitrogens with one attached hydrogen (secondary N) is 1. The van der Waals surface area contributed by atoms with E-state index >= 15 is 0 Å². The lowest BCUT2D eigenvalue weighted by Gasteiger charge is -2.51. The van der Waals surface area contributed by atoms with Crippen molar-refractivity contribution in [1.82, 2.24) is 14.9 Å². The van der Waals surface area contributed by atoms with E-state index in [1.807, 2.05) is 0 Å². The average Bonchev–Trinajstić information content (AvgIpc) is 2.62. The fourth-order valence-electron chi connectivity index (χ4n) is 4.19. The van der Waals surface area contributed by atoms with Gasteiger partial charge in [-0.25, -0.2) is 4.39 Å². The van der Waals surface area contributed by atoms with Crippen LogP contribution >= 0.6 is 0 Å². The van der Waals surface area contributed by atoms with Crippen molar-refractivity contribution in [1.29, 1.82) is 0 Å². The molecule has 2 heterocycles. The van der Waals surface area contributed by atoms with Gasteiger partial charge in [0.15, 0.2) is 11.6 Å². The molecule has 0 amide bonds. The summed E-state index contributed by atoms with van der Waals surface area (Å²) in [6, 6.07) is 6.63. The van der Waals surface area contributed by atoms with Crippen LogP contribution in [-0.4, -0.2) is 40.6 Å². The fraction of sp³-hybridized carbons (Fsp3) is 0.500. The molecule has 2 aliphatic rings. The minimum Gasteiger partial charge on any atom is -0.487 e. The number of halogens is 1. The molecule has 1 aromatic carbocycles. The van der Waals surface area contributed by atoms with Crippen molar-refractivity contribution < 1.29 is 9.13 Å². The Bertz CT molecular complexity index is 806. The number of rotatable bonds is 5. The van der Waals surface area contributed by atoms with Gasteiger partial charge in [-0.3, -0.25) is 9.78 Å². The summed E-state index contributed by atoms with van der Waals surface area (Å²) in [7, 11) is 0. The highest BCUT2D eigenvalue weighted by Gasteiger charge is 2.47. The lowest BCUT2D eigenvalue weighted by molar-refractivity contribution is -0.0562. The number of aromatic nitrogens is 2. The summed E-state index contributed by atoms with van der Waals surface area (Å²) in [5.74, 6) is 0.0898. The first kappa shape index (κ1) is 17.2. The molecule has 0 radical (unpaired) electrons. The molecule has 1 saturated carbocycles. The molecule has 1 aliphatic carbocycles. The first-order valence-electron chi connectivity index (χ1n) is 9.29. The normalized spacial score (nSPS) is 20.0. The third-order valence-electron chi connectivity index (χ3n) is 5.77. The van der Waals surface area contributed by atoms with E-state index in [1.54, 1.807) is 24.4 Å². The van der Waals surface area contributed by atoms with Gasteiger partial charge in [0.1, 0.15) is 0 Å². The van der Waals surface area contributed by atoms with Crippen LogP contribution < -0.4 is 10.3 Å². The third kappa shape index (κ3) is 3.80. The largest absolute Gasteiger partial charge is 0.487 e. The highest BCUT2D eigenvalue weighted by Crippen LogP contribution is 2.50. The molecular weight excluding hydrogens is 333 g/mol. The van der Waals surface area contributed by atoms with Crippen molar-refractivity contribution in [2.75, 3.05) is 19.6 Å². The Morgan fingerprint density at radius 2 is 2.00 bits per heavy atom. The van der Waals surface area contributed by atoms with Crippen molar-refractivity contribution in [3.05, 3.63) is 58.5 Å². The molecule has 138 valence electrons. The summed E-state index contributed by atoms with van der Waals surface area (Å²) in [6.45, 7) is 3.07. The smallest absolute Gasteiger partial charge is 0.266 e. The lowest BCUT2D eigenvalue weighted by atomic mass is 9.61. The van der Waals surface area contributed by atoms with Gasteiger partial charge in [-0.2, -0.15) is 0 Å². The molecular formula is C20H24FN3O2. The van der Waals surface area contributed by atoms with Gasteiger partial charge in [0.05, 0.1) is 12.3 Å². The number of H-pyrrole nitrogens is 1. The van der Waals surface area contributed by atoms with Crippen molar-refractivity contribution in [2.45, 2.75) is 38.2 Å². The molecule has 1 aliphatic heterocycles. The van der Waals surface area contributed by atoms with Crippen molar-refractivity contribution in [3.8, 4) is 5.75 Å². The zero-order valence-corrected chi connectivity index (χ0v) is 14.8. The summed E-state index contributed by atoms with van der Waals surface area (Å²) in [4.78, 5) is 20.5. The van der Waals surface area contributed by atoms with Gasteiger partial charge >= 0.3 is 0 Å². The zero-order valence-electron chi connectivity index (χ0n) is 14.8. The Kier molecular flexibility index (Phi) is 4.76. The summed E-state index contributed by atoms with van der Waals surface area (Å²) < 4.78 is 19.5. The second kappa shape index (κ2) is 7.19. The Labute approximate surface area is 152 Å². The van der Waals surface area contributed by atoms with Gasteiger partial charge in [0.25, 0.3) is 5.56 Å². The second-order valence-electron chi connectivity index (χ2n) is 7.59. The Morgan fingerprint density at radius 3 is 2.73 bits per heavy atom. The van der Waals surface area contributed by atoms with Gasteiger partial charge in [-0.05, 0) is 56.3 Å². The molecule has 6 heteroatoms. The monoisotopic (exact) mass is 357 g/mol. The standard InChI is InChI=1S/C20H24FN3O2/c21-17-3-1-2-4-18(17)26-16-11-20(12-16)6-9-24(10-7-20)8-5-15-13-22-14-19(25)23-15/h1-4,13-14,16H,5-12H2,(H,23,25). The Balaban J connectivity index is 1.22. The maximum absolute atomic E-state index is 13.7. The summed E-state index contributed by atoms with van der Waals surface area (Å²) in [5.41, 5.74) is 1.12. The zero-order chi connectivity index (χ0) is 18.0. The van der Waals surface area contributed by atoms with Crippen molar-refractivity contribution in [2.24, 2.45) is 5.41 Å². The van der Waals surface area contributed by atoms with Crippen LogP contribution in [0.1, 0.15) is 31.4 Å². The van der Waals surface area contributed by atoms with Gasteiger partial charge in [-0.1, -0.05) is 12.1 Å². The molecule has 0 unspecified atom stereocenters. The van der Waals surface area contributed by atoms with Gasteiger partial charge in [0.2, 0.25) is 0 Å². The Morgan fingerprint density at radius 1 is 1.23 bits per heavy atom. The SMILES string of the molecule is O=c1cncc(CCN2CCC3(CC2)CC(Oc2ccccc2F)C3)[nH]1. The molecule has 0 atom stereocenters. The average molecular weight is 357 g/mol. The number of benzene rings is 1. The number of aromatic amines is 1. The number of nitrogens with zero attached hydrogens (tertiary/aromatic N) is 2. The van der Waals surface area contributed by atoms with Gasteiger partial charge in [-0.15, -0.1) is 0 Å². The number of para-hydroxylation sites is 1. The molecule has 1 saturated heterocycles. The van der Waals surface area contributed by atoms with Crippen LogP contribution in [0, 0.1) is 11.2 Å². The quantitative estimate of drug-likeness (QED) is 0.894. The van der Waals surface area contributed by atoms with Crippen LogP contribution in [0.25, 0.3) is 0 Å². The van der Waals surface area contributed by atoms with Crippen LogP contribution in [0.15, 0.2) is 41.5 Å². The molecule has 5 nitrogen and oxygen atoms in total. The summed E-state index contributed by atoms with van der Waals surface area (Å²) >= 11 is 0. The predicted molar refractivity (Wildman–Crippen MR) is 96.7 cm³/mol. The van der Waals surface area contributed by atoms with Crippen LogP contribution in [0.5, 0.6) is 5.75 Å². The molecule has 1 N–H and O–H groups in total. The fourth-order valence-corrected chi connectivity index (χ4v) is 4.19. The maximum Gasteiger partial charge on any atom is 0.266 e. The number of piperidine rings is 1. The van der Waals surface area contributed by atoms with E-state index in [0.717, 1.165) is 57.4 Å². The third-order valence-corrected chi connectivity index (χ3v) is 5.77. The minimum absolute atomic E-state index is 0.138. The second-order valence-corrected chi connectivity index (χ2v) is 7.59. The topological polar surface area (TPSA) is 58.2 Å². The first-order valence-corrected chi connectivity index (χ1v) is 9.29. The van der Waals surface area contributed by atoms with Crippen LogP contribution in [0.3, 0.4) is 0 Å². The number of ether oxygens (including phenoxy) is 1. The molecule has 0 bridgehead atoms. The highest BCUT2D eigenvalue weighted by molar-refractivity contribution is 5.24. The number of hydrogen-bond donors (Lipinski definition) is 1. The van der Waals surface area contributed by atoms with E-state index in [2.05, 4.69) is 14.9 Å². The number of hydrogen-bond acceptors (Lipinski definition) is 4. The molecule has 2 fully saturated rings. The van der Waals surface area contributed by atoms with Gasteiger partial charge in [0, 0.05) is 24.9 Å². The highest BCUT2D eigenvalue weighted by atomic mass is 19.1. The van der Waals surface area contributed by atoms with E-state index in [4.69, 9.17) is 4.74 Å². The molecule has 1 spiro atoms. The van der Waals surface area contributed by atoms with Crippen LogP contribution in [0.2, 0.25) is 0 Å². The molecule has 4 rings (SSSR count). The van der Waals surface area contributed by atoms with Gasteiger partial charge < -0.3 is 14.6 Å². The van der Waals surface area contributed by atoms with Crippen molar-refractivity contribution >= 4 is 0 Å². The maximum atomic E-state index is 13.7. The first-order chi connectivity index (χ1) is 12.6. The molecule has 2 aromatic rings. The lowest BCUT2D eigenvalue weighted by Crippen LogP contribution is -2.51. The number of likely N-dealkylation sites (tertiary alicyclic amines) is 1. The minimum atomic E-state index is -0.281. The van der Waals surface area contributed by atoms with E-state index < -0.39 is 0 Å². The van der Waals surface area contributed by atoms with E-state index in [1.165, 1.54) is 12.3 Å². The van der Waals surface area contributed by atoms with Crippen molar-refractivity contribution in [3.63, 3.8) is 0 Å². The van der Waals surface area contributed by atoms with E-state index in [9.17, 15) is 9.18 Å². The predicted octanol–water partition coefficient (Wildman–Crippen LogP) is 2.78. The van der Waals surface area contributed by atoms with Crippen LogP contribution in [0.4, 0.5) is 4.39 Å². The van der Waals surface area contributed by atoms with E-state index in [0.29, 0.717) is 11.2 Å². The summed E-state index contributed by atoms with van der Waals surface area (Å²) in [5, 5.41) is 0. The molecule has 26 heavy (non-hydrogen) atoms. The van der Waals surface area contributed by atoms with E-state index in [-0.39, 0.29) is 17.5 Å². The molecule has 1 aromatic heterocycles.